The van der Waals surface area contributed by atoms with Crippen LogP contribution in [-0.4, -0.2) is 13.7 Å². The minimum atomic E-state index is 0.643. The van der Waals surface area contributed by atoms with Crippen LogP contribution in [0.2, 0.25) is 0 Å². The Labute approximate surface area is 182 Å². The number of furan rings is 1. The highest BCUT2D eigenvalue weighted by atomic mass is 16.5. The quantitative estimate of drug-likeness (QED) is 0.367. The molecule has 4 heteroatoms. The molecule has 0 fully saturated rings. The highest BCUT2D eigenvalue weighted by molar-refractivity contribution is 5.93. The van der Waals surface area contributed by atoms with E-state index < -0.39 is 0 Å². The van der Waals surface area contributed by atoms with E-state index >= 15 is 0 Å². The summed E-state index contributed by atoms with van der Waals surface area (Å²) in [5.74, 6) is 3.26. The van der Waals surface area contributed by atoms with E-state index in [0.29, 0.717) is 6.61 Å². The maximum Gasteiger partial charge on any atom is 0.130 e. The van der Waals surface area contributed by atoms with E-state index in [0.717, 1.165) is 56.0 Å². The number of hydrogen-bond donors (Lipinski definition) is 0. The van der Waals surface area contributed by atoms with Crippen molar-refractivity contribution in [2.75, 3.05) is 13.7 Å². The van der Waals surface area contributed by atoms with Crippen LogP contribution in [0, 0.1) is 20.8 Å². The number of benzene rings is 2. The number of hydrogen-bond acceptors (Lipinski definition) is 4. The van der Waals surface area contributed by atoms with Crippen LogP contribution in [-0.2, 0) is 0 Å². The van der Waals surface area contributed by atoms with Gasteiger partial charge in [0, 0.05) is 0 Å². The van der Waals surface area contributed by atoms with Crippen LogP contribution >= 0.6 is 0 Å². The molecule has 0 unspecified atom stereocenters. The molecular formula is C27H27NO3. The summed E-state index contributed by atoms with van der Waals surface area (Å²) in [4.78, 5) is 5.01. The van der Waals surface area contributed by atoms with Crippen LogP contribution in [0.1, 0.15) is 24.0 Å². The van der Waals surface area contributed by atoms with E-state index in [2.05, 4.69) is 43.3 Å². The van der Waals surface area contributed by atoms with E-state index in [1.54, 1.807) is 7.11 Å². The second-order valence-corrected chi connectivity index (χ2v) is 7.57. The minimum absolute atomic E-state index is 0.643. The van der Waals surface area contributed by atoms with E-state index in [4.69, 9.17) is 18.9 Å². The van der Waals surface area contributed by atoms with Crippen molar-refractivity contribution in [3.05, 3.63) is 83.1 Å². The molecule has 31 heavy (non-hydrogen) atoms. The Balaban J connectivity index is 2.05. The van der Waals surface area contributed by atoms with Crippen LogP contribution in [0.15, 0.2) is 70.1 Å². The average Bonchev–Trinajstić information content (AvgIpc) is 2.94. The van der Waals surface area contributed by atoms with Crippen LogP contribution in [0.25, 0.3) is 21.9 Å². The maximum absolute atomic E-state index is 5.98. The highest BCUT2D eigenvalue weighted by Crippen LogP contribution is 2.34. The molecule has 4 rings (SSSR count). The SMILES string of the molecule is CCOc1ccc(-c2cc(OC)c3c(C)oc(C)c3c(=Nc3cccc(C)c3)c2)cc1. The van der Waals surface area contributed by atoms with Crippen LogP contribution < -0.4 is 14.8 Å². The van der Waals surface area contributed by atoms with Gasteiger partial charge in [-0.25, -0.2) is 4.99 Å². The summed E-state index contributed by atoms with van der Waals surface area (Å²) >= 11 is 0. The fourth-order valence-electron chi connectivity index (χ4n) is 3.93. The summed E-state index contributed by atoms with van der Waals surface area (Å²) in [5, 5.41) is 2.76. The molecule has 0 radical (unpaired) electrons. The minimum Gasteiger partial charge on any atom is -0.496 e. The Morgan fingerprint density at radius 3 is 2.26 bits per heavy atom. The van der Waals surface area contributed by atoms with Gasteiger partial charge in [0.2, 0.25) is 0 Å². The predicted molar refractivity (Wildman–Crippen MR) is 125 cm³/mol. The molecule has 0 aliphatic carbocycles. The second-order valence-electron chi connectivity index (χ2n) is 7.57. The van der Waals surface area contributed by atoms with Crippen molar-refractivity contribution < 1.29 is 13.9 Å². The third-order valence-corrected chi connectivity index (χ3v) is 5.31. The van der Waals surface area contributed by atoms with Gasteiger partial charge in [0.05, 0.1) is 35.5 Å². The average molecular weight is 414 g/mol. The van der Waals surface area contributed by atoms with E-state index in [9.17, 15) is 0 Å². The van der Waals surface area contributed by atoms with Crippen LogP contribution in [0.3, 0.4) is 0 Å². The second kappa shape index (κ2) is 8.68. The van der Waals surface area contributed by atoms with Crippen molar-refractivity contribution in [3.8, 4) is 22.6 Å². The molecule has 0 spiro atoms. The zero-order chi connectivity index (χ0) is 22.0. The Morgan fingerprint density at radius 2 is 1.58 bits per heavy atom. The third-order valence-electron chi connectivity index (χ3n) is 5.31. The number of ether oxygens (including phenoxy) is 2. The molecule has 158 valence electrons. The van der Waals surface area contributed by atoms with E-state index in [1.165, 1.54) is 5.56 Å². The maximum atomic E-state index is 5.98. The van der Waals surface area contributed by atoms with Gasteiger partial charge in [0.1, 0.15) is 23.0 Å². The van der Waals surface area contributed by atoms with Crippen molar-refractivity contribution in [2.45, 2.75) is 27.7 Å². The van der Waals surface area contributed by atoms with Crippen LogP contribution in [0.4, 0.5) is 5.69 Å². The Kier molecular flexibility index (Phi) is 5.81. The van der Waals surface area contributed by atoms with Gasteiger partial charge in [-0.05, 0) is 80.8 Å². The topological polar surface area (TPSA) is 44.0 Å². The zero-order valence-electron chi connectivity index (χ0n) is 18.7. The number of methoxy groups -OCH3 is 1. The summed E-state index contributed by atoms with van der Waals surface area (Å²) in [6.45, 7) is 8.63. The molecule has 4 nitrogen and oxygen atoms in total. The molecule has 1 aromatic heterocycles. The first kappa shape index (κ1) is 20.7. The molecule has 0 amide bonds. The molecule has 0 saturated heterocycles. The first-order chi connectivity index (χ1) is 15.0. The van der Waals surface area contributed by atoms with Gasteiger partial charge in [0.15, 0.2) is 0 Å². The molecule has 0 aliphatic heterocycles. The van der Waals surface area contributed by atoms with Crippen molar-refractivity contribution in [3.63, 3.8) is 0 Å². The molecule has 3 aromatic carbocycles. The molecule has 4 aromatic rings. The molecule has 0 aliphatic rings. The third kappa shape index (κ3) is 4.19. The van der Waals surface area contributed by atoms with Gasteiger partial charge in [-0.15, -0.1) is 0 Å². The number of aryl methyl sites for hydroxylation is 3. The lowest BCUT2D eigenvalue weighted by Gasteiger charge is -2.05. The van der Waals surface area contributed by atoms with Crippen molar-refractivity contribution in [2.24, 2.45) is 4.99 Å². The van der Waals surface area contributed by atoms with Crippen molar-refractivity contribution in [1.82, 2.24) is 0 Å². The van der Waals surface area contributed by atoms with Crippen LogP contribution in [0.5, 0.6) is 11.5 Å². The van der Waals surface area contributed by atoms with Crippen molar-refractivity contribution in [1.29, 1.82) is 0 Å². The number of fused-ring (bicyclic) bond motifs is 1. The van der Waals surface area contributed by atoms with Gasteiger partial charge < -0.3 is 13.9 Å². The van der Waals surface area contributed by atoms with E-state index in [-0.39, 0.29) is 0 Å². The Hall–Kier alpha value is -3.53. The lowest BCUT2D eigenvalue weighted by atomic mass is 10.1. The molecule has 1 heterocycles. The Bertz CT molecular complexity index is 1300. The highest BCUT2D eigenvalue weighted by Gasteiger charge is 2.15. The fourth-order valence-corrected chi connectivity index (χ4v) is 3.93. The summed E-state index contributed by atoms with van der Waals surface area (Å²) in [5.41, 5.74) is 4.15. The molecule has 0 N–H and O–H groups in total. The molecule has 0 atom stereocenters. The van der Waals surface area contributed by atoms with Gasteiger partial charge in [-0.1, -0.05) is 24.3 Å². The monoisotopic (exact) mass is 413 g/mol. The van der Waals surface area contributed by atoms with Gasteiger partial charge >= 0.3 is 0 Å². The van der Waals surface area contributed by atoms with Gasteiger partial charge in [0.25, 0.3) is 0 Å². The fraction of sp³-hybridized carbons (Fsp3) is 0.222. The molecular weight excluding hydrogens is 386 g/mol. The Morgan fingerprint density at radius 1 is 0.839 bits per heavy atom. The summed E-state index contributed by atoms with van der Waals surface area (Å²) < 4.78 is 17.4. The number of rotatable bonds is 5. The summed E-state index contributed by atoms with van der Waals surface area (Å²) in [6.07, 6.45) is 0. The zero-order valence-corrected chi connectivity index (χ0v) is 18.7. The first-order valence-corrected chi connectivity index (χ1v) is 10.5. The first-order valence-electron chi connectivity index (χ1n) is 10.5. The molecule has 0 bridgehead atoms. The normalized spacial score (nSPS) is 11.7. The molecule has 0 saturated carbocycles. The summed E-state index contributed by atoms with van der Waals surface area (Å²) in [7, 11) is 1.69. The predicted octanol–water partition coefficient (Wildman–Crippen LogP) is 6.66. The number of nitrogens with zero attached hydrogens (tertiary/aromatic N) is 1. The van der Waals surface area contributed by atoms with E-state index in [1.807, 2.05) is 45.0 Å². The lowest BCUT2D eigenvalue weighted by molar-refractivity contribution is 0.340. The standard InChI is InChI=1S/C27H27NO3/c1-6-30-23-12-10-20(11-13-23)21-15-24(28-22-9-7-8-17(2)14-22)26-18(3)31-19(4)27(26)25(16-21)29-5/h7-16H,6H2,1-5H3. The van der Waals surface area contributed by atoms with Gasteiger partial charge in [-0.2, -0.15) is 0 Å². The lowest BCUT2D eigenvalue weighted by Crippen LogP contribution is -2.00. The largest absolute Gasteiger partial charge is 0.496 e. The van der Waals surface area contributed by atoms with Gasteiger partial charge in [-0.3, -0.25) is 0 Å². The van der Waals surface area contributed by atoms with Crippen molar-refractivity contribution >= 4 is 16.5 Å². The summed E-state index contributed by atoms with van der Waals surface area (Å²) in [6, 6.07) is 20.4. The smallest absolute Gasteiger partial charge is 0.130 e.